The van der Waals surface area contributed by atoms with Gasteiger partial charge >= 0.3 is 0 Å². The smallest absolute Gasteiger partial charge is 0.253 e. The lowest BCUT2D eigenvalue weighted by Gasteiger charge is -2.45. The highest BCUT2D eigenvalue weighted by Gasteiger charge is 2.34. The predicted octanol–water partition coefficient (Wildman–Crippen LogP) is 2.96. The second kappa shape index (κ2) is 5.60. The van der Waals surface area contributed by atoms with Gasteiger partial charge in [0.25, 0.3) is 5.91 Å². The number of benzene rings is 2. The third kappa shape index (κ3) is 2.64. The second-order valence-electron chi connectivity index (χ2n) is 5.63. The van der Waals surface area contributed by atoms with E-state index in [2.05, 4.69) is 43.1 Å². The van der Waals surface area contributed by atoms with Crippen molar-refractivity contribution in [2.24, 2.45) is 0 Å². The number of hydrogen-bond donors (Lipinski definition) is 0. The third-order valence-corrected chi connectivity index (χ3v) is 4.21. The highest BCUT2D eigenvalue weighted by molar-refractivity contribution is 5.94. The van der Waals surface area contributed by atoms with Crippen molar-refractivity contribution in [1.82, 2.24) is 4.90 Å². The summed E-state index contributed by atoms with van der Waals surface area (Å²) in [6, 6.07) is 18.3. The molecule has 1 amide bonds. The number of anilines is 1. The van der Waals surface area contributed by atoms with Gasteiger partial charge in [-0.3, -0.25) is 4.79 Å². The standard InChI is InChI=1S/C18H20N2O/c1-14-8-6-7-11-17(14)19(2)16-12-20(13-16)18(21)15-9-4-3-5-10-15/h3-11,16H,12-13H2,1-2H3. The summed E-state index contributed by atoms with van der Waals surface area (Å²) in [5, 5.41) is 0. The molecular weight excluding hydrogens is 260 g/mol. The number of nitrogens with zero attached hydrogens (tertiary/aromatic N) is 2. The molecule has 0 aromatic heterocycles. The second-order valence-corrected chi connectivity index (χ2v) is 5.63. The molecule has 3 heteroatoms. The van der Waals surface area contributed by atoms with Gasteiger partial charge in [0.05, 0.1) is 6.04 Å². The minimum absolute atomic E-state index is 0.130. The van der Waals surface area contributed by atoms with Gasteiger partial charge in [0.2, 0.25) is 0 Å². The normalized spacial score (nSPS) is 14.7. The lowest BCUT2D eigenvalue weighted by atomic mass is 10.0. The molecule has 21 heavy (non-hydrogen) atoms. The van der Waals surface area contributed by atoms with E-state index < -0.39 is 0 Å². The highest BCUT2D eigenvalue weighted by Crippen LogP contribution is 2.25. The monoisotopic (exact) mass is 280 g/mol. The maximum absolute atomic E-state index is 12.3. The molecule has 3 nitrogen and oxygen atoms in total. The molecule has 1 fully saturated rings. The lowest BCUT2D eigenvalue weighted by molar-refractivity contribution is 0.0604. The Hall–Kier alpha value is -2.29. The average molecular weight is 280 g/mol. The van der Waals surface area contributed by atoms with Crippen molar-refractivity contribution in [3.05, 3.63) is 65.7 Å². The van der Waals surface area contributed by atoms with Crippen molar-refractivity contribution in [2.45, 2.75) is 13.0 Å². The fraction of sp³-hybridized carbons (Fsp3) is 0.278. The van der Waals surface area contributed by atoms with Gasteiger partial charge < -0.3 is 9.80 Å². The van der Waals surface area contributed by atoms with Gasteiger partial charge in [-0.25, -0.2) is 0 Å². The Labute approximate surface area is 125 Å². The van der Waals surface area contributed by atoms with Crippen LogP contribution >= 0.6 is 0 Å². The summed E-state index contributed by atoms with van der Waals surface area (Å²) < 4.78 is 0. The summed E-state index contributed by atoms with van der Waals surface area (Å²) in [5.41, 5.74) is 3.29. The Morgan fingerprint density at radius 1 is 1.05 bits per heavy atom. The zero-order chi connectivity index (χ0) is 14.8. The van der Waals surface area contributed by atoms with Crippen molar-refractivity contribution >= 4 is 11.6 Å². The molecule has 0 radical (unpaired) electrons. The van der Waals surface area contributed by atoms with Gasteiger partial charge in [0.1, 0.15) is 0 Å². The molecule has 1 heterocycles. The van der Waals surface area contributed by atoms with Crippen LogP contribution < -0.4 is 4.90 Å². The summed E-state index contributed by atoms with van der Waals surface area (Å²) in [5.74, 6) is 0.130. The fourth-order valence-corrected chi connectivity index (χ4v) is 2.79. The van der Waals surface area contributed by atoms with Gasteiger partial charge in [0.15, 0.2) is 0 Å². The molecule has 2 aromatic rings. The number of carbonyl (C=O) groups is 1. The largest absolute Gasteiger partial charge is 0.368 e. The Morgan fingerprint density at radius 3 is 2.33 bits per heavy atom. The summed E-state index contributed by atoms with van der Waals surface area (Å²) >= 11 is 0. The number of likely N-dealkylation sites (tertiary alicyclic amines) is 1. The van der Waals surface area contributed by atoms with Gasteiger partial charge in [-0.15, -0.1) is 0 Å². The van der Waals surface area contributed by atoms with Crippen molar-refractivity contribution in [1.29, 1.82) is 0 Å². The van der Waals surface area contributed by atoms with E-state index in [4.69, 9.17) is 0 Å². The first-order chi connectivity index (χ1) is 10.2. The van der Waals surface area contributed by atoms with Crippen LogP contribution in [0.15, 0.2) is 54.6 Å². The molecule has 0 aliphatic carbocycles. The first-order valence-electron chi connectivity index (χ1n) is 7.29. The van der Waals surface area contributed by atoms with Gasteiger partial charge in [-0.05, 0) is 30.7 Å². The van der Waals surface area contributed by atoms with Crippen molar-refractivity contribution in [3.8, 4) is 0 Å². The summed E-state index contributed by atoms with van der Waals surface area (Å²) in [4.78, 5) is 16.5. The highest BCUT2D eigenvalue weighted by atomic mass is 16.2. The molecular formula is C18H20N2O. The number of amides is 1. The molecule has 0 N–H and O–H groups in total. The number of hydrogen-bond acceptors (Lipinski definition) is 2. The number of aryl methyl sites for hydroxylation is 1. The van der Waals surface area contributed by atoms with E-state index in [-0.39, 0.29) is 5.91 Å². The van der Waals surface area contributed by atoms with Crippen LogP contribution in [0.3, 0.4) is 0 Å². The molecule has 0 atom stereocenters. The van der Waals surface area contributed by atoms with Crippen LogP contribution in [0, 0.1) is 6.92 Å². The molecule has 108 valence electrons. The molecule has 0 saturated carbocycles. The molecule has 0 unspecified atom stereocenters. The summed E-state index contributed by atoms with van der Waals surface area (Å²) in [7, 11) is 2.11. The van der Waals surface area contributed by atoms with E-state index in [0.29, 0.717) is 6.04 Å². The topological polar surface area (TPSA) is 23.6 Å². The van der Waals surface area contributed by atoms with Gasteiger partial charge in [-0.2, -0.15) is 0 Å². The van der Waals surface area contributed by atoms with Crippen molar-refractivity contribution in [3.63, 3.8) is 0 Å². The molecule has 2 aromatic carbocycles. The average Bonchev–Trinajstić information content (AvgIpc) is 2.47. The van der Waals surface area contributed by atoms with Gasteiger partial charge in [0, 0.05) is 31.4 Å². The van der Waals surface area contributed by atoms with Crippen molar-refractivity contribution in [2.75, 3.05) is 25.0 Å². The first-order valence-corrected chi connectivity index (χ1v) is 7.29. The number of rotatable bonds is 3. The Balaban J connectivity index is 1.63. The van der Waals surface area contributed by atoms with Crippen LogP contribution in [0.4, 0.5) is 5.69 Å². The molecule has 0 spiro atoms. The maximum atomic E-state index is 12.3. The van der Waals surface area contributed by atoms with Crippen molar-refractivity contribution < 1.29 is 4.79 Å². The Kier molecular flexibility index (Phi) is 3.65. The van der Waals surface area contributed by atoms with E-state index in [1.807, 2.05) is 35.2 Å². The van der Waals surface area contributed by atoms with Crippen LogP contribution in [-0.2, 0) is 0 Å². The lowest BCUT2D eigenvalue weighted by Crippen LogP contribution is -2.60. The summed E-state index contributed by atoms with van der Waals surface area (Å²) in [6.07, 6.45) is 0. The van der Waals surface area contributed by atoms with Gasteiger partial charge in [-0.1, -0.05) is 36.4 Å². The SMILES string of the molecule is Cc1ccccc1N(C)C1CN(C(=O)c2ccccc2)C1. The molecule has 1 aliphatic rings. The minimum atomic E-state index is 0.130. The Bertz CT molecular complexity index is 633. The van der Waals surface area contributed by atoms with Crippen LogP contribution in [0.5, 0.6) is 0 Å². The first kappa shape index (κ1) is 13.7. The fourth-order valence-electron chi connectivity index (χ4n) is 2.79. The quantitative estimate of drug-likeness (QED) is 0.863. The third-order valence-electron chi connectivity index (χ3n) is 4.21. The number of likely N-dealkylation sites (N-methyl/N-ethyl adjacent to an activating group) is 1. The zero-order valence-electron chi connectivity index (χ0n) is 12.5. The zero-order valence-corrected chi connectivity index (χ0v) is 12.5. The maximum Gasteiger partial charge on any atom is 0.253 e. The molecule has 1 aliphatic heterocycles. The van der Waals surface area contributed by atoms with Crippen LogP contribution in [-0.4, -0.2) is 37.0 Å². The van der Waals surface area contributed by atoms with E-state index in [9.17, 15) is 4.79 Å². The van der Waals surface area contributed by atoms with Crippen LogP contribution in [0.2, 0.25) is 0 Å². The number of carbonyl (C=O) groups excluding carboxylic acids is 1. The summed E-state index contributed by atoms with van der Waals surface area (Å²) in [6.45, 7) is 3.70. The van der Waals surface area contributed by atoms with Crippen LogP contribution in [0.25, 0.3) is 0 Å². The number of para-hydroxylation sites is 1. The molecule has 3 rings (SSSR count). The molecule has 0 bridgehead atoms. The van der Waals surface area contributed by atoms with E-state index in [0.717, 1.165) is 18.7 Å². The van der Waals surface area contributed by atoms with E-state index in [1.165, 1.54) is 11.3 Å². The Morgan fingerprint density at radius 2 is 1.67 bits per heavy atom. The van der Waals surface area contributed by atoms with E-state index >= 15 is 0 Å². The van der Waals surface area contributed by atoms with Crippen LogP contribution in [0.1, 0.15) is 15.9 Å². The predicted molar refractivity (Wildman–Crippen MR) is 85.7 cm³/mol. The minimum Gasteiger partial charge on any atom is -0.368 e. The van der Waals surface area contributed by atoms with E-state index in [1.54, 1.807) is 0 Å². The molecule has 1 saturated heterocycles.